The van der Waals surface area contributed by atoms with E-state index in [0.717, 1.165) is 28.5 Å². The van der Waals surface area contributed by atoms with Gasteiger partial charge in [0.2, 0.25) is 21.5 Å². The van der Waals surface area contributed by atoms with E-state index in [4.69, 9.17) is 67.6 Å². The Morgan fingerprint density at radius 1 is 0.731 bits per heavy atom. The van der Waals surface area contributed by atoms with Gasteiger partial charge in [0.25, 0.3) is 5.56 Å². The zero-order chi connectivity index (χ0) is 77.5. The molecule has 0 bridgehead atoms. The summed E-state index contributed by atoms with van der Waals surface area (Å²) in [7, 11) is -3.55. The lowest BCUT2D eigenvalue weighted by atomic mass is 9.85. The zero-order valence-electron chi connectivity index (χ0n) is 62.4. The minimum Gasteiger partial charge on any atom is -0.457 e. The number of benzene rings is 2. The molecule has 2 atom stereocenters. The van der Waals surface area contributed by atoms with Gasteiger partial charge in [-0.1, -0.05) is 60.9 Å². The van der Waals surface area contributed by atoms with Crippen LogP contribution in [0.5, 0.6) is 0 Å². The van der Waals surface area contributed by atoms with Crippen LogP contribution in [-0.4, -0.2) is 224 Å². The predicted molar refractivity (Wildman–Crippen MR) is 399 cm³/mol. The Balaban J connectivity index is 0.695. The van der Waals surface area contributed by atoms with E-state index in [1.54, 1.807) is 63.5 Å². The molecular formula is C76H102N8O22S2. The molecule has 0 spiro atoms. The number of urea groups is 1. The highest BCUT2D eigenvalue weighted by Crippen LogP contribution is 2.42. The number of fused-ring (bicyclic) bond motifs is 5. The van der Waals surface area contributed by atoms with Crippen LogP contribution in [0.25, 0.3) is 22.3 Å². The molecule has 30 nitrogen and oxygen atoms in total. The molecule has 0 saturated heterocycles. The number of cyclic esters (lactones) is 1. The quantitative estimate of drug-likeness (QED) is 0.0112. The summed E-state index contributed by atoms with van der Waals surface area (Å²) >= 11 is 1.48. The number of nitrogens with two attached hydrogens (primary N) is 1. The van der Waals surface area contributed by atoms with E-state index < -0.39 is 63.6 Å². The Labute approximate surface area is 634 Å². The maximum absolute atomic E-state index is 14.4. The number of ether oxygens (including phenoxy) is 12. The largest absolute Gasteiger partial charge is 0.510 e. The van der Waals surface area contributed by atoms with Crippen LogP contribution in [0.3, 0.4) is 0 Å². The fourth-order valence-corrected chi connectivity index (χ4v) is 13.4. The Kier molecular flexibility index (Phi) is 37.9. The summed E-state index contributed by atoms with van der Waals surface area (Å²) in [5, 5.41) is 6.79. The highest BCUT2D eigenvalue weighted by molar-refractivity contribution is 7.98. The third-order valence-electron chi connectivity index (χ3n) is 17.4. The number of Topliss-reactive ketones (excluding diaryl/α,β-unsaturated/α-hetero) is 3. The van der Waals surface area contributed by atoms with E-state index in [-0.39, 0.29) is 93.9 Å². The van der Waals surface area contributed by atoms with Crippen LogP contribution >= 0.6 is 11.8 Å². The second-order valence-electron chi connectivity index (χ2n) is 25.7. The van der Waals surface area contributed by atoms with Crippen LogP contribution in [0.15, 0.2) is 76.9 Å². The number of carbonyl (C=O) groups is 7. The van der Waals surface area contributed by atoms with Crippen molar-refractivity contribution in [3.63, 3.8) is 0 Å². The average molecular weight is 1540 g/mol. The van der Waals surface area contributed by atoms with Crippen molar-refractivity contribution in [2.24, 2.45) is 11.7 Å². The fraction of sp³-hybridized carbons (Fsp3) is 0.566. The van der Waals surface area contributed by atoms with Gasteiger partial charge in [-0.2, -0.15) is 4.31 Å². The summed E-state index contributed by atoms with van der Waals surface area (Å²) in [6.45, 7) is 10.8. The lowest BCUT2D eigenvalue weighted by Crippen LogP contribution is -2.47. The van der Waals surface area contributed by atoms with Crippen LogP contribution in [0.4, 0.5) is 15.3 Å². The van der Waals surface area contributed by atoms with E-state index in [1.807, 2.05) is 30.5 Å². The molecule has 590 valence electrons. The number of amides is 3. The number of sulfonamides is 1. The molecule has 2 aromatic carbocycles. The Bertz CT molecular complexity index is 3980. The number of unbranched alkanes of at least 4 members (excludes halogenated alkanes) is 1. The lowest BCUT2D eigenvalue weighted by Gasteiger charge is -2.35. The van der Waals surface area contributed by atoms with Gasteiger partial charge >= 0.3 is 18.2 Å². The van der Waals surface area contributed by atoms with Gasteiger partial charge in [-0.25, -0.2) is 37.8 Å². The van der Waals surface area contributed by atoms with Gasteiger partial charge in [-0.3, -0.25) is 24.0 Å². The van der Waals surface area contributed by atoms with Gasteiger partial charge in [0.1, 0.15) is 32.2 Å². The van der Waals surface area contributed by atoms with Crippen molar-refractivity contribution in [3.8, 4) is 23.2 Å². The van der Waals surface area contributed by atoms with Gasteiger partial charge in [-0.05, 0) is 100 Å². The summed E-state index contributed by atoms with van der Waals surface area (Å²) in [4.78, 5) is 118. The normalized spacial score (nSPS) is 14.0. The van der Waals surface area contributed by atoms with Crippen LogP contribution in [0.2, 0.25) is 0 Å². The molecular weight excluding hydrogens is 1440 g/mol. The molecule has 4 N–H and O–H groups in total. The molecule has 0 radical (unpaired) electrons. The Hall–Kier alpha value is -8.17. The molecule has 0 fully saturated rings. The van der Waals surface area contributed by atoms with E-state index in [1.165, 1.54) is 26.9 Å². The Morgan fingerprint density at radius 3 is 1.88 bits per heavy atom. The number of thioether (sulfide) groups is 1. The number of nitrogens with one attached hydrogen (secondary N) is 2. The Morgan fingerprint density at radius 2 is 1.31 bits per heavy atom. The molecule has 108 heavy (non-hydrogen) atoms. The molecule has 0 aliphatic carbocycles. The summed E-state index contributed by atoms with van der Waals surface area (Å²) in [6.07, 6.45) is 9.39. The molecule has 7 rings (SSSR count). The minimum atomic E-state index is -3.55. The maximum atomic E-state index is 14.4. The van der Waals surface area contributed by atoms with E-state index in [2.05, 4.69) is 32.4 Å². The van der Waals surface area contributed by atoms with Crippen molar-refractivity contribution in [1.82, 2.24) is 29.1 Å². The van der Waals surface area contributed by atoms with Gasteiger partial charge in [0.15, 0.2) is 16.7 Å². The second kappa shape index (κ2) is 47.0. The first kappa shape index (κ1) is 87.1. The number of para-hydroxylation sites is 1. The zero-order valence-corrected chi connectivity index (χ0v) is 64.0. The number of carbonyl (C=O) groups excluding carboxylic acids is 7. The first-order valence-corrected chi connectivity index (χ1v) is 39.5. The highest BCUT2D eigenvalue weighted by atomic mass is 32.2. The van der Waals surface area contributed by atoms with E-state index >= 15 is 0 Å². The lowest BCUT2D eigenvalue weighted by molar-refractivity contribution is -0.175. The monoisotopic (exact) mass is 1540 g/mol. The summed E-state index contributed by atoms with van der Waals surface area (Å²) in [5.41, 5.74) is 7.56. The number of primary amides is 1. The first-order valence-electron chi connectivity index (χ1n) is 36.4. The van der Waals surface area contributed by atoms with Crippen molar-refractivity contribution in [3.05, 3.63) is 111 Å². The number of rotatable bonds is 54. The molecule has 0 saturated carbocycles. The number of esters is 1. The third kappa shape index (κ3) is 29.0. The second-order valence-corrected chi connectivity index (χ2v) is 28.4. The topological polar surface area (TPSA) is 378 Å². The number of aromatic nitrogens is 4. The molecule has 0 unspecified atom stereocenters. The van der Waals surface area contributed by atoms with Crippen molar-refractivity contribution in [2.75, 3.05) is 150 Å². The molecule has 5 aromatic rings. The molecule has 5 heterocycles. The minimum absolute atomic E-state index is 0.114. The van der Waals surface area contributed by atoms with E-state index in [9.17, 15) is 46.8 Å². The van der Waals surface area contributed by atoms with E-state index in [0.29, 0.717) is 184 Å². The molecule has 3 amide bonds. The summed E-state index contributed by atoms with van der Waals surface area (Å²) < 4.78 is 95.2. The first-order chi connectivity index (χ1) is 52.2. The van der Waals surface area contributed by atoms with Crippen molar-refractivity contribution >= 4 is 79.8 Å². The highest BCUT2D eigenvalue weighted by Gasteiger charge is 2.51. The number of anilines is 1. The number of ketones is 3. The molecule has 32 heteroatoms. The van der Waals surface area contributed by atoms with Crippen molar-refractivity contribution < 1.29 is 98.8 Å². The molecule has 3 aromatic heterocycles. The van der Waals surface area contributed by atoms with Crippen LogP contribution in [0, 0.1) is 17.8 Å². The van der Waals surface area contributed by atoms with Crippen molar-refractivity contribution in [2.45, 2.75) is 134 Å². The van der Waals surface area contributed by atoms with Gasteiger partial charge in [0, 0.05) is 105 Å². The van der Waals surface area contributed by atoms with Gasteiger partial charge in [0.05, 0.1) is 133 Å². The van der Waals surface area contributed by atoms with Crippen LogP contribution in [-0.2, 0) is 123 Å². The number of pyridine rings is 2. The average Bonchev–Trinajstić information content (AvgIpc) is 1.51. The van der Waals surface area contributed by atoms with Gasteiger partial charge in [-0.15, -0.1) is 0 Å². The molecule has 2 aliphatic heterocycles. The maximum Gasteiger partial charge on any atom is 0.510 e. The van der Waals surface area contributed by atoms with Crippen molar-refractivity contribution in [1.29, 1.82) is 0 Å². The fourth-order valence-electron chi connectivity index (χ4n) is 11.9. The van der Waals surface area contributed by atoms with Gasteiger partial charge < -0.3 is 77.8 Å². The third-order valence-corrected chi connectivity index (χ3v) is 19.4. The van der Waals surface area contributed by atoms with Crippen LogP contribution in [0.1, 0.15) is 125 Å². The molecule has 2 aliphatic rings. The standard InChI is InChI=1S/C76H102N8O22S2/c1-6-76(66-46-68-69-64(49-83(68)71(89)65(66)53-104-72(76)90)62(63-20-10-11-21-67(63)82-69)26-28-84(54(2)3)108(5,93)94)106-75(92)105-50-55-22-24-58(25-23-55)81-70(88)57(16-12-27-78-73(77)91)45-61(87)52-103-51-60(86)19-14-30-96-32-34-98-36-38-100-40-42-102-44-43-101-41-39-99-37-35-97-33-31-95-29-13-18-59(85)17-9-7-8-15-56-47-79-74(107-4)80-48-56/h10-11,20-25,46-48,54,57H,6-7,9,12-14,16-19,26-45,49-53H2,1-5H3,(H,81,88)(H3,77,78,91)/t57-,76+/m1/s1. The smallest absolute Gasteiger partial charge is 0.457 e. The number of hydrogen-bond acceptors (Lipinski definition) is 26. The summed E-state index contributed by atoms with van der Waals surface area (Å²) in [6, 6.07) is 14.3. The predicted octanol–water partition coefficient (Wildman–Crippen LogP) is 7.20. The number of nitrogens with zero attached hydrogens (tertiary/aromatic N) is 5. The SMILES string of the molecule is CC[C@@]1(OC(=O)OCc2ccc(NC(=O)[C@H](CCCNC(N)=O)CC(=O)COCC(=O)CCCOCCOCCOCCOCCOCCOCCOCCOCCCC(=O)CCCC#Cc3cnc(SC)nc3)cc2)C(=O)OCc2c1cc1n(c2=O)Cc2c-1nc1ccccc1c2CCN(C(C)C)S(C)(=O)=O. The number of hydrogen-bond donors (Lipinski definition) is 3. The van der Waals surface area contributed by atoms with Crippen LogP contribution < -0.4 is 21.9 Å². The summed E-state index contributed by atoms with van der Waals surface area (Å²) in [5.74, 6) is 3.41.